The highest BCUT2D eigenvalue weighted by atomic mass is 19.3. The zero-order valence-electron chi connectivity index (χ0n) is 11.9. The largest absolute Gasteiger partial charge is 0.479 e. The maximum atomic E-state index is 12.4. The molecule has 0 aliphatic heterocycles. The molecule has 0 aromatic heterocycles. The van der Waals surface area contributed by atoms with Gasteiger partial charge in [0, 0.05) is 18.5 Å². The van der Waals surface area contributed by atoms with E-state index in [1.807, 2.05) is 0 Å². The van der Waals surface area contributed by atoms with E-state index in [0.29, 0.717) is 0 Å². The van der Waals surface area contributed by atoms with E-state index in [4.69, 9.17) is 0 Å². The van der Waals surface area contributed by atoms with Gasteiger partial charge in [0.15, 0.2) is 6.04 Å². The van der Waals surface area contributed by atoms with Crippen molar-refractivity contribution < 1.29 is 28.2 Å². The van der Waals surface area contributed by atoms with Crippen molar-refractivity contribution in [2.75, 3.05) is 0 Å². The Bertz CT molecular complexity index is 519. The van der Waals surface area contributed by atoms with Crippen LogP contribution in [0, 0.1) is 0 Å². The molecular formula is C14H17F2NO4. The molecule has 0 aliphatic carbocycles. The Kier molecular flexibility index (Phi) is 5.63. The monoisotopic (exact) mass is 301 g/mol. The van der Waals surface area contributed by atoms with Crippen molar-refractivity contribution in [3.8, 4) is 5.75 Å². The predicted molar refractivity (Wildman–Crippen MR) is 71.1 cm³/mol. The molecule has 1 aromatic rings. The van der Waals surface area contributed by atoms with Crippen LogP contribution in [-0.4, -0.2) is 34.5 Å². The molecule has 21 heavy (non-hydrogen) atoms. The number of aliphatic carboxylic acids is 1. The lowest BCUT2D eigenvalue weighted by molar-refractivity contribution is -0.151. The van der Waals surface area contributed by atoms with Gasteiger partial charge in [0.05, 0.1) is 0 Å². The lowest BCUT2D eigenvalue weighted by Crippen LogP contribution is -2.42. The average Bonchev–Trinajstić information content (AvgIpc) is 2.34. The van der Waals surface area contributed by atoms with Gasteiger partial charge in [-0.15, -0.1) is 0 Å². The Morgan fingerprint density at radius 1 is 1.24 bits per heavy atom. The highest BCUT2D eigenvalue weighted by Gasteiger charge is 2.33. The van der Waals surface area contributed by atoms with Crippen molar-refractivity contribution in [3.05, 3.63) is 29.8 Å². The van der Waals surface area contributed by atoms with Crippen LogP contribution in [-0.2, 0) is 9.59 Å². The standard InChI is InChI=1S/C14H17F2NO4/c1-8(2)17(9(3)18)12(13(19)20)10-6-4-5-7-11(10)21-14(15)16/h4-8,12,14H,1-3H3,(H,19,20). The second-order valence-electron chi connectivity index (χ2n) is 4.68. The van der Waals surface area contributed by atoms with E-state index < -0.39 is 30.6 Å². The molecule has 0 aliphatic rings. The Hall–Kier alpha value is -2.18. The lowest BCUT2D eigenvalue weighted by atomic mass is 10.0. The fourth-order valence-corrected chi connectivity index (χ4v) is 2.16. The summed E-state index contributed by atoms with van der Waals surface area (Å²) in [6, 6.07) is 3.75. The van der Waals surface area contributed by atoms with Crippen LogP contribution in [0.4, 0.5) is 8.78 Å². The summed E-state index contributed by atoms with van der Waals surface area (Å²) >= 11 is 0. The quantitative estimate of drug-likeness (QED) is 0.877. The molecular weight excluding hydrogens is 284 g/mol. The molecule has 7 heteroatoms. The first kappa shape index (κ1) is 16.9. The van der Waals surface area contributed by atoms with Crippen molar-refractivity contribution >= 4 is 11.9 Å². The van der Waals surface area contributed by atoms with Crippen molar-refractivity contribution in [2.45, 2.75) is 39.5 Å². The van der Waals surface area contributed by atoms with Gasteiger partial charge in [0.2, 0.25) is 5.91 Å². The Morgan fingerprint density at radius 2 is 1.81 bits per heavy atom. The lowest BCUT2D eigenvalue weighted by Gasteiger charge is -2.32. The molecule has 0 heterocycles. The van der Waals surface area contributed by atoms with Crippen LogP contribution in [0.2, 0.25) is 0 Å². The third-order valence-corrected chi connectivity index (χ3v) is 2.86. The van der Waals surface area contributed by atoms with Crippen molar-refractivity contribution in [2.24, 2.45) is 0 Å². The van der Waals surface area contributed by atoms with E-state index in [1.165, 1.54) is 31.2 Å². The van der Waals surface area contributed by atoms with Gasteiger partial charge in [-0.25, -0.2) is 4.79 Å². The number of hydrogen-bond donors (Lipinski definition) is 1. The number of rotatable bonds is 6. The number of carbonyl (C=O) groups is 2. The predicted octanol–water partition coefficient (Wildman–Crippen LogP) is 2.67. The topological polar surface area (TPSA) is 66.8 Å². The Balaban J connectivity index is 3.35. The van der Waals surface area contributed by atoms with Crippen LogP contribution in [0.15, 0.2) is 24.3 Å². The number of carboxylic acids is 1. The molecule has 0 bridgehead atoms. The zero-order valence-corrected chi connectivity index (χ0v) is 11.9. The molecule has 1 N–H and O–H groups in total. The minimum absolute atomic E-state index is 0.00852. The van der Waals surface area contributed by atoms with Gasteiger partial charge >= 0.3 is 12.6 Å². The molecule has 0 spiro atoms. The van der Waals surface area contributed by atoms with Crippen molar-refractivity contribution in [1.82, 2.24) is 4.90 Å². The summed E-state index contributed by atoms with van der Waals surface area (Å²) in [7, 11) is 0. The molecule has 1 rings (SSSR count). The smallest absolute Gasteiger partial charge is 0.387 e. The first-order valence-electron chi connectivity index (χ1n) is 6.31. The SMILES string of the molecule is CC(=O)N(C(C)C)C(C(=O)O)c1ccccc1OC(F)F. The number of hydrogen-bond acceptors (Lipinski definition) is 3. The summed E-state index contributed by atoms with van der Waals surface area (Å²) in [4.78, 5) is 24.4. The van der Waals surface area contributed by atoms with Crippen LogP contribution in [0.25, 0.3) is 0 Å². The third kappa shape index (κ3) is 4.14. The summed E-state index contributed by atoms with van der Waals surface area (Å²) in [6.45, 7) is 1.44. The molecule has 116 valence electrons. The number of benzene rings is 1. The number of alkyl halides is 2. The van der Waals surface area contributed by atoms with Gasteiger partial charge in [-0.3, -0.25) is 4.79 Å². The molecule has 1 atom stereocenters. The third-order valence-electron chi connectivity index (χ3n) is 2.86. The first-order chi connectivity index (χ1) is 9.75. The summed E-state index contributed by atoms with van der Waals surface area (Å²) < 4.78 is 29.2. The second kappa shape index (κ2) is 7.01. The minimum atomic E-state index is -3.08. The maximum absolute atomic E-state index is 12.4. The zero-order chi connectivity index (χ0) is 16.2. The molecule has 0 fully saturated rings. The number of carboxylic acid groups (broad SMARTS) is 1. The number of para-hydroxylation sites is 1. The first-order valence-corrected chi connectivity index (χ1v) is 6.31. The molecule has 0 saturated heterocycles. The van der Waals surface area contributed by atoms with Crippen molar-refractivity contribution in [1.29, 1.82) is 0 Å². The number of nitrogens with zero attached hydrogens (tertiary/aromatic N) is 1. The number of carbonyl (C=O) groups excluding carboxylic acids is 1. The minimum Gasteiger partial charge on any atom is -0.479 e. The van der Waals surface area contributed by atoms with Gasteiger partial charge < -0.3 is 14.7 Å². The molecule has 0 radical (unpaired) electrons. The average molecular weight is 301 g/mol. The molecule has 5 nitrogen and oxygen atoms in total. The van der Waals surface area contributed by atoms with Crippen LogP contribution < -0.4 is 4.74 Å². The Morgan fingerprint density at radius 3 is 2.24 bits per heavy atom. The van der Waals surface area contributed by atoms with Crippen molar-refractivity contribution in [3.63, 3.8) is 0 Å². The number of amides is 1. The maximum Gasteiger partial charge on any atom is 0.387 e. The molecule has 1 amide bonds. The van der Waals surface area contributed by atoms with E-state index in [-0.39, 0.29) is 11.3 Å². The highest BCUT2D eigenvalue weighted by Crippen LogP contribution is 2.32. The molecule has 1 aromatic carbocycles. The van der Waals surface area contributed by atoms with E-state index in [0.717, 1.165) is 4.90 Å². The van der Waals surface area contributed by atoms with E-state index in [1.54, 1.807) is 13.8 Å². The molecule has 1 unspecified atom stereocenters. The fourth-order valence-electron chi connectivity index (χ4n) is 2.16. The fraction of sp³-hybridized carbons (Fsp3) is 0.429. The van der Waals surface area contributed by atoms with Gasteiger partial charge in [-0.1, -0.05) is 18.2 Å². The molecule has 0 saturated carbocycles. The van der Waals surface area contributed by atoms with Crippen LogP contribution in [0.1, 0.15) is 32.4 Å². The van der Waals surface area contributed by atoms with Gasteiger partial charge in [-0.2, -0.15) is 8.78 Å². The summed E-state index contributed by atoms with van der Waals surface area (Å²) in [6.07, 6.45) is 0. The van der Waals surface area contributed by atoms with Gasteiger partial charge in [0.1, 0.15) is 5.75 Å². The summed E-state index contributed by atoms with van der Waals surface area (Å²) in [5.41, 5.74) is 0.00852. The van der Waals surface area contributed by atoms with E-state index in [2.05, 4.69) is 4.74 Å². The van der Waals surface area contributed by atoms with Crippen LogP contribution in [0.5, 0.6) is 5.75 Å². The van der Waals surface area contributed by atoms with E-state index >= 15 is 0 Å². The Labute approximate surface area is 121 Å². The normalized spacial score (nSPS) is 12.3. The van der Waals surface area contributed by atoms with Gasteiger partial charge in [0.25, 0.3) is 0 Å². The van der Waals surface area contributed by atoms with Crippen LogP contribution in [0.3, 0.4) is 0 Å². The second-order valence-corrected chi connectivity index (χ2v) is 4.68. The number of ether oxygens (including phenoxy) is 1. The highest BCUT2D eigenvalue weighted by molar-refractivity contribution is 5.84. The van der Waals surface area contributed by atoms with E-state index in [9.17, 15) is 23.5 Å². The van der Waals surface area contributed by atoms with Gasteiger partial charge in [-0.05, 0) is 19.9 Å². The summed E-state index contributed by atoms with van der Waals surface area (Å²) in [5.74, 6) is -2.04. The number of halogens is 2. The van der Waals surface area contributed by atoms with Crippen LogP contribution >= 0.6 is 0 Å². The summed E-state index contributed by atoms with van der Waals surface area (Å²) in [5, 5.41) is 9.42.